The molecule has 1 fully saturated rings. The second kappa shape index (κ2) is 6.08. The molecule has 0 radical (unpaired) electrons. The van der Waals surface area contributed by atoms with Gasteiger partial charge in [0.25, 0.3) is 0 Å². The minimum Gasteiger partial charge on any atom is -0.469 e. The van der Waals surface area contributed by atoms with Gasteiger partial charge in [0.15, 0.2) is 0 Å². The highest BCUT2D eigenvalue weighted by Gasteiger charge is 2.14. The van der Waals surface area contributed by atoms with Crippen LogP contribution in [0.5, 0.6) is 0 Å². The van der Waals surface area contributed by atoms with Gasteiger partial charge in [-0.05, 0) is 37.1 Å². The topological polar surface area (TPSA) is 50.2 Å². The van der Waals surface area contributed by atoms with Gasteiger partial charge in [-0.15, -0.1) is 0 Å². The van der Waals surface area contributed by atoms with Crippen molar-refractivity contribution in [3.8, 4) is 0 Å². The lowest BCUT2D eigenvalue weighted by atomic mass is 10.2. The highest BCUT2D eigenvalue weighted by atomic mass is 16.5. The Hall–Kier alpha value is -1.52. The zero-order chi connectivity index (χ0) is 12.9. The highest BCUT2D eigenvalue weighted by Crippen LogP contribution is 2.12. The van der Waals surface area contributed by atoms with E-state index in [9.17, 15) is 0 Å². The number of nitrogens with one attached hydrogen (secondary N) is 2. The van der Waals surface area contributed by atoms with Gasteiger partial charge in [-0.3, -0.25) is 0 Å². The van der Waals surface area contributed by atoms with Crippen molar-refractivity contribution in [3.63, 3.8) is 0 Å². The van der Waals surface area contributed by atoms with Crippen LogP contribution in [-0.4, -0.2) is 24.2 Å². The molecule has 2 aromatic rings. The third-order valence-corrected chi connectivity index (χ3v) is 3.46. The fourth-order valence-corrected chi connectivity index (χ4v) is 2.47. The first-order valence-corrected chi connectivity index (χ1v) is 6.91. The molecule has 2 aromatic heterocycles. The third-order valence-electron chi connectivity index (χ3n) is 3.46. The van der Waals surface area contributed by atoms with E-state index >= 15 is 0 Å². The van der Waals surface area contributed by atoms with Crippen LogP contribution in [0.4, 0.5) is 0 Å². The van der Waals surface area contributed by atoms with E-state index in [0.717, 1.165) is 31.9 Å². The Bertz CT molecular complexity index is 484. The lowest BCUT2D eigenvalue weighted by Crippen LogP contribution is -2.25. The number of rotatable bonds is 6. The predicted molar refractivity (Wildman–Crippen MR) is 73.0 cm³/mol. The Morgan fingerprint density at radius 3 is 3.00 bits per heavy atom. The summed E-state index contributed by atoms with van der Waals surface area (Å²) in [5, 5.41) is 3.44. The minimum atomic E-state index is 0.401. The molecule has 4 nitrogen and oxygen atoms in total. The summed E-state index contributed by atoms with van der Waals surface area (Å²) in [5.74, 6) is 0.987. The van der Waals surface area contributed by atoms with Gasteiger partial charge in [0.05, 0.1) is 12.4 Å². The summed E-state index contributed by atoms with van der Waals surface area (Å²) in [6.45, 7) is 2.71. The molecule has 1 atom stereocenters. The van der Waals surface area contributed by atoms with Gasteiger partial charge in [0, 0.05) is 37.5 Å². The quantitative estimate of drug-likeness (QED) is 0.839. The zero-order valence-corrected chi connectivity index (χ0v) is 11.0. The third kappa shape index (κ3) is 3.49. The average molecular weight is 260 g/mol. The van der Waals surface area contributed by atoms with Crippen LogP contribution in [0, 0.1) is 0 Å². The monoisotopic (exact) mass is 260 g/mol. The Kier molecular flexibility index (Phi) is 4.01. The molecule has 1 aliphatic rings. The maximum absolute atomic E-state index is 5.58. The molecule has 102 valence electrons. The smallest absolute Gasteiger partial charge is 0.109 e. The SMILES string of the molecule is c1coc(Cc2ccc(CNC[C@H]3CCCO3)[nH]2)c1. The van der Waals surface area contributed by atoms with Crippen LogP contribution in [0.3, 0.4) is 0 Å². The largest absolute Gasteiger partial charge is 0.469 e. The Balaban J connectivity index is 1.45. The summed E-state index contributed by atoms with van der Waals surface area (Å²) in [5.41, 5.74) is 2.39. The van der Waals surface area contributed by atoms with Gasteiger partial charge < -0.3 is 19.5 Å². The molecule has 0 amide bonds. The first-order valence-electron chi connectivity index (χ1n) is 6.91. The van der Waals surface area contributed by atoms with E-state index in [1.807, 2.05) is 12.1 Å². The maximum Gasteiger partial charge on any atom is 0.109 e. The predicted octanol–water partition coefficient (Wildman–Crippen LogP) is 2.47. The molecule has 0 bridgehead atoms. The molecule has 19 heavy (non-hydrogen) atoms. The average Bonchev–Trinajstić information content (AvgIpc) is 3.12. The number of hydrogen-bond donors (Lipinski definition) is 2. The summed E-state index contributed by atoms with van der Waals surface area (Å²) in [7, 11) is 0. The number of aromatic nitrogens is 1. The van der Waals surface area contributed by atoms with Crippen molar-refractivity contribution in [1.29, 1.82) is 0 Å². The van der Waals surface area contributed by atoms with Gasteiger partial charge >= 0.3 is 0 Å². The van der Waals surface area contributed by atoms with Crippen LogP contribution in [-0.2, 0) is 17.7 Å². The van der Waals surface area contributed by atoms with Crippen LogP contribution in [0.1, 0.15) is 30.0 Å². The molecule has 0 unspecified atom stereocenters. The molecular weight excluding hydrogens is 240 g/mol. The first kappa shape index (κ1) is 12.5. The number of H-pyrrole nitrogens is 1. The van der Waals surface area contributed by atoms with E-state index in [-0.39, 0.29) is 0 Å². The highest BCUT2D eigenvalue weighted by molar-refractivity contribution is 5.18. The van der Waals surface area contributed by atoms with Crippen LogP contribution in [0.25, 0.3) is 0 Å². The molecule has 0 saturated carbocycles. The van der Waals surface area contributed by atoms with Crippen molar-refractivity contribution in [1.82, 2.24) is 10.3 Å². The van der Waals surface area contributed by atoms with E-state index in [1.54, 1.807) is 6.26 Å². The van der Waals surface area contributed by atoms with E-state index in [4.69, 9.17) is 9.15 Å². The van der Waals surface area contributed by atoms with Crippen LogP contribution >= 0.6 is 0 Å². The van der Waals surface area contributed by atoms with Gasteiger partial charge in [0.1, 0.15) is 5.76 Å². The van der Waals surface area contributed by atoms with E-state index in [1.165, 1.54) is 24.2 Å². The second-order valence-electron chi connectivity index (χ2n) is 5.03. The van der Waals surface area contributed by atoms with Gasteiger partial charge in [-0.1, -0.05) is 0 Å². The molecule has 0 aliphatic carbocycles. The van der Waals surface area contributed by atoms with Crippen molar-refractivity contribution in [2.75, 3.05) is 13.2 Å². The minimum absolute atomic E-state index is 0.401. The normalized spacial score (nSPS) is 19.1. The fourth-order valence-electron chi connectivity index (χ4n) is 2.47. The fraction of sp³-hybridized carbons (Fsp3) is 0.467. The first-order chi connectivity index (χ1) is 9.40. The summed E-state index contributed by atoms with van der Waals surface area (Å²) in [4.78, 5) is 3.41. The molecule has 0 spiro atoms. The Labute approximate surface area is 113 Å². The van der Waals surface area contributed by atoms with Gasteiger partial charge in [-0.25, -0.2) is 0 Å². The molecule has 0 aromatic carbocycles. The van der Waals surface area contributed by atoms with E-state index in [2.05, 4.69) is 22.4 Å². The zero-order valence-electron chi connectivity index (χ0n) is 11.0. The summed E-state index contributed by atoms with van der Waals surface area (Å²) < 4.78 is 10.9. The van der Waals surface area contributed by atoms with Crippen LogP contribution in [0.15, 0.2) is 34.9 Å². The lowest BCUT2D eigenvalue weighted by Gasteiger charge is -2.09. The number of ether oxygens (including phenoxy) is 1. The number of aromatic amines is 1. The lowest BCUT2D eigenvalue weighted by molar-refractivity contribution is 0.110. The van der Waals surface area contributed by atoms with Crippen molar-refractivity contribution in [2.45, 2.75) is 31.9 Å². The summed E-state index contributed by atoms with van der Waals surface area (Å²) in [6, 6.07) is 8.16. The van der Waals surface area contributed by atoms with Crippen molar-refractivity contribution >= 4 is 0 Å². The molecule has 3 rings (SSSR count). The molecule has 2 N–H and O–H groups in total. The molecular formula is C15H20N2O2. The molecule has 1 saturated heterocycles. The van der Waals surface area contributed by atoms with Crippen molar-refractivity contribution in [3.05, 3.63) is 47.7 Å². The standard InChI is InChI=1S/C15H20N2O2/c1-3-14(18-7-1)9-12-5-6-13(17-12)10-16-11-15-4-2-8-19-15/h1,3,5-7,15-17H,2,4,8-11H2/t15-/m1/s1. The van der Waals surface area contributed by atoms with Crippen LogP contribution < -0.4 is 5.32 Å². The van der Waals surface area contributed by atoms with Gasteiger partial charge in [0.2, 0.25) is 0 Å². The molecule has 3 heterocycles. The molecule has 4 heteroatoms. The Morgan fingerprint density at radius 1 is 1.26 bits per heavy atom. The van der Waals surface area contributed by atoms with Gasteiger partial charge in [-0.2, -0.15) is 0 Å². The van der Waals surface area contributed by atoms with E-state index in [0.29, 0.717) is 6.10 Å². The maximum atomic E-state index is 5.58. The second-order valence-corrected chi connectivity index (χ2v) is 5.03. The summed E-state index contributed by atoms with van der Waals surface area (Å²) in [6.07, 6.45) is 5.31. The molecule has 1 aliphatic heterocycles. The van der Waals surface area contributed by atoms with Crippen molar-refractivity contribution < 1.29 is 9.15 Å². The summed E-state index contributed by atoms with van der Waals surface area (Å²) >= 11 is 0. The number of furan rings is 1. The van der Waals surface area contributed by atoms with Crippen LogP contribution in [0.2, 0.25) is 0 Å². The Morgan fingerprint density at radius 2 is 2.21 bits per heavy atom. The number of hydrogen-bond acceptors (Lipinski definition) is 3. The van der Waals surface area contributed by atoms with E-state index < -0.39 is 0 Å². The van der Waals surface area contributed by atoms with Crippen molar-refractivity contribution in [2.24, 2.45) is 0 Å².